The first-order valence-electron chi connectivity index (χ1n) is 7.01. The van der Waals surface area contributed by atoms with Crippen molar-refractivity contribution < 1.29 is 14.7 Å². The Hall–Kier alpha value is -2.83. The summed E-state index contributed by atoms with van der Waals surface area (Å²) in [5.41, 5.74) is 2.40. The van der Waals surface area contributed by atoms with Gasteiger partial charge in [0.15, 0.2) is 5.69 Å². The zero-order valence-corrected chi connectivity index (χ0v) is 11.9. The molecule has 2 heterocycles. The van der Waals surface area contributed by atoms with Gasteiger partial charge >= 0.3 is 12.0 Å². The zero-order chi connectivity index (χ0) is 15.5. The van der Waals surface area contributed by atoms with Crippen LogP contribution in [0.5, 0.6) is 0 Å². The lowest BCUT2D eigenvalue weighted by Crippen LogP contribution is -2.42. The predicted octanol–water partition coefficient (Wildman–Crippen LogP) is 1.38. The Morgan fingerprint density at radius 2 is 2.09 bits per heavy atom. The number of rotatable bonds is 3. The number of urea groups is 1. The first-order chi connectivity index (χ1) is 10.6. The van der Waals surface area contributed by atoms with Crippen LogP contribution in [0.4, 0.5) is 4.79 Å². The highest BCUT2D eigenvalue weighted by Crippen LogP contribution is 2.20. The summed E-state index contributed by atoms with van der Waals surface area (Å²) in [6.45, 7) is 1.24. The summed E-state index contributed by atoms with van der Waals surface area (Å²) in [7, 11) is 0. The van der Waals surface area contributed by atoms with Crippen molar-refractivity contribution >= 4 is 12.0 Å². The van der Waals surface area contributed by atoms with Gasteiger partial charge in [0.2, 0.25) is 0 Å². The van der Waals surface area contributed by atoms with Gasteiger partial charge in [0, 0.05) is 30.8 Å². The van der Waals surface area contributed by atoms with E-state index in [0.717, 1.165) is 11.3 Å². The molecule has 1 aromatic heterocycles. The van der Waals surface area contributed by atoms with Crippen LogP contribution in [0.1, 0.15) is 27.3 Å². The monoisotopic (exact) mass is 300 g/mol. The van der Waals surface area contributed by atoms with Crippen LogP contribution in [-0.4, -0.2) is 38.7 Å². The maximum atomic E-state index is 12.2. The third kappa shape index (κ3) is 2.78. The Morgan fingerprint density at radius 3 is 2.82 bits per heavy atom. The summed E-state index contributed by atoms with van der Waals surface area (Å²) < 4.78 is 0. The van der Waals surface area contributed by atoms with Gasteiger partial charge in [-0.15, -0.1) is 0 Å². The Kier molecular flexibility index (Phi) is 3.78. The Morgan fingerprint density at radius 1 is 1.32 bits per heavy atom. The third-order valence-corrected chi connectivity index (χ3v) is 3.71. The lowest BCUT2D eigenvalue weighted by molar-refractivity contribution is 0.0687. The van der Waals surface area contributed by atoms with E-state index in [1.54, 1.807) is 4.90 Å². The van der Waals surface area contributed by atoms with Gasteiger partial charge < -0.3 is 15.3 Å². The lowest BCUT2D eigenvalue weighted by atomic mass is 10.1. The lowest BCUT2D eigenvalue weighted by Gasteiger charge is -2.27. The van der Waals surface area contributed by atoms with Crippen LogP contribution in [0, 0.1) is 0 Å². The molecule has 0 radical (unpaired) electrons. The van der Waals surface area contributed by atoms with Crippen molar-refractivity contribution in [3.63, 3.8) is 0 Å². The highest BCUT2D eigenvalue weighted by molar-refractivity contribution is 5.87. The fourth-order valence-corrected chi connectivity index (χ4v) is 2.53. The number of amides is 2. The van der Waals surface area contributed by atoms with Crippen LogP contribution in [0.15, 0.2) is 30.3 Å². The molecule has 1 aliphatic heterocycles. The smallest absolute Gasteiger partial charge is 0.356 e. The Balaban J connectivity index is 1.65. The maximum Gasteiger partial charge on any atom is 0.356 e. The largest absolute Gasteiger partial charge is 0.476 e. The van der Waals surface area contributed by atoms with Gasteiger partial charge in [-0.05, 0) is 5.56 Å². The van der Waals surface area contributed by atoms with Gasteiger partial charge in [0.05, 0.1) is 6.54 Å². The Bertz CT molecular complexity index is 696. The molecular formula is C15H16N4O3. The zero-order valence-electron chi connectivity index (χ0n) is 11.9. The molecule has 0 spiro atoms. The number of hydrogen-bond acceptors (Lipinski definition) is 3. The second kappa shape index (κ2) is 5.88. The first kappa shape index (κ1) is 14.1. The molecule has 0 fully saturated rings. The number of H-pyrrole nitrogens is 1. The standard InChI is InChI=1S/C15H16N4O3/c20-14(21)13-11-9-19(7-6-12(11)17-18-13)15(22)16-8-10-4-2-1-3-5-10/h1-5H,6-9H2,(H,16,22)(H,17,18)(H,20,21). The van der Waals surface area contributed by atoms with Crippen LogP contribution >= 0.6 is 0 Å². The minimum atomic E-state index is -1.08. The van der Waals surface area contributed by atoms with E-state index >= 15 is 0 Å². The van der Waals surface area contributed by atoms with Crippen molar-refractivity contribution in [3.05, 3.63) is 52.8 Å². The molecule has 7 heteroatoms. The van der Waals surface area contributed by atoms with Crippen molar-refractivity contribution in [2.45, 2.75) is 19.5 Å². The number of aromatic carboxylic acids is 1. The highest BCUT2D eigenvalue weighted by Gasteiger charge is 2.27. The number of nitrogens with one attached hydrogen (secondary N) is 2. The number of aromatic nitrogens is 2. The van der Waals surface area contributed by atoms with Crippen molar-refractivity contribution in [1.29, 1.82) is 0 Å². The number of carbonyl (C=O) groups is 2. The number of hydrogen-bond donors (Lipinski definition) is 3. The Labute approximate surface area is 126 Å². The average molecular weight is 300 g/mol. The minimum Gasteiger partial charge on any atom is -0.476 e. The molecule has 0 saturated carbocycles. The number of benzene rings is 1. The molecule has 2 amide bonds. The minimum absolute atomic E-state index is 0.00411. The number of fused-ring (bicyclic) bond motifs is 1. The van der Waals surface area contributed by atoms with E-state index < -0.39 is 5.97 Å². The van der Waals surface area contributed by atoms with E-state index in [1.165, 1.54) is 0 Å². The summed E-state index contributed by atoms with van der Waals surface area (Å²) in [6, 6.07) is 9.43. The van der Waals surface area contributed by atoms with Gasteiger partial charge in [-0.25, -0.2) is 9.59 Å². The number of nitrogens with zero attached hydrogens (tertiary/aromatic N) is 2. The molecule has 7 nitrogen and oxygen atoms in total. The first-order valence-corrected chi connectivity index (χ1v) is 7.01. The SMILES string of the molecule is O=C(O)c1n[nH]c2c1CN(C(=O)NCc1ccccc1)CC2. The van der Waals surface area contributed by atoms with E-state index in [2.05, 4.69) is 15.5 Å². The molecule has 0 atom stereocenters. The van der Waals surface area contributed by atoms with Crippen molar-refractivity contribution in [3.8, 4) is 0 Å². The van der Waals surface area contributed by atoms with E-state index in [9.17, 15) is 9.59 Å². The molecular weight excluding hydrogens is 284 g/mol. The summed E-state index contributed by atoms with van der Waals surface area (Å²) in [5, 5.41) is 18.5. The molecule has 0 unspecified atom stereocenters. The molecule has 1 aromatic carbocycles. The molecule has 0 bridgehead atoms. The fraction of sp³-hybridized carbons (Fsp3) is 0.267. The molecule has 114 valence electrons. The van der Waals surface area contributed by atoms with Gasteiger partial charge in [0.1, 0.15) is 0 Å². The van der Waals surface area contributed by atoms with Gasteiger partial charge in [-0.2, -0.15) is 5.10 Å². The molecule has 3 rings (SSSR count). The number of carboxylic acid groups (broad SMARTS) is 1. The molecule has 3 N–H and O–H groups in total. The number of carbonyl (C=O) groups excluding carboxylic acids is 1. The van der Waals surface area contributed by atoms with Crippen LogP contribution < -0.4 is 5.32 Å². The molecule has 2 aromatic rings. The summed E-state index contributed by atoms with van der Waals surface area (Å²) in [4.78, 5) is 24.9. The maximum absolute atomic E-state index is 12.2. The summed E-state index contributed by atoms with van der Waals surface area (Å²) in [5.74, 6) is -1.08. The second-order valence-corrected chi connectivity index (χ2v) is 5.15. The van der Waals surface area contributed by atoms with E-state index in [0.29, 0.717) is 25.1 Å². The molecule has 22 heavy (non-hydrogen) atoms. The third-order valence-electron chi connectivity index (χ3n) is 3.71. The van der Waals surface area contributed by atoms with E-state index in [-0.39, 0.29) is 18.3 Å². The average Bonchev–Trinajstić information content (AvgIpc) is 2.96. The van der Waals surface area contributed by atoms with Crippen LogP contribution in [0.25, 0.3) is 0 Å². The summed E-state index contributed by atoms with van der Waals surface area (Å²) >= 11 is 0. The van der Waals surface area contributed by atoms with Gasteiger partial charge in [0.25, 0.3) is 0 Å². The number of carboxylic acids is 1. The van der Waals surface area contributed by atoms with Crippen molar-refractivity contribution in [2.75, 3.05) is 6.54 Å². The summed E-state index contributed by atoms with van der Waals surface area (Å²) in [6.07, 6.45) is 0.578. The van der Waals surface area contributed by atoms with Gasteiger partial charge in [-0.3, -0.25) is 5.10 Å². The van der Waals surface area contributed by atoms with Crippen molar-refractivity contribution in [2.24, 2.45) is 0 Å². The number of aromatic amines is 1. The molecule has 0 aliphatic carbocycles. The predicted molar refractivity (Wildman–Crippen MR) is 78.3 cm³/mol. The highest BCUT2D eigenvalue weighted by atomic mass is 16.4. The quantitative estimate of drug-likeness (QED) is 0.797. The molecule has 1 aliphatic rings. The van der Waals surface area contributed by atoms with Crippen LogP contribution in [0.2, 0.25) is 0 Å². The van der Waals surface area contributed by atoms with Gasteiger partial charge in [-0.1, -0.05) is 30.3 Å². The normalized spacial score (nSPS) is 13.5. The fourth-order valence-electron chi connectivity index (χ4n) is 2.53. The van der Waals surface area contributed by atoms with Crippen LogP contribution in [0.3, 0.4) is 0 Å². The van der Waals surface area contributed by atoms with E-state index in [1.807, 2.05) is 30.3 Å². The molecule has 0 saturated heterocycles. The van der Waals surface area contributed by atoms with Crippen LogP contribution in [-0.2, 0) is 19.5 Å². The second-order valence-electron chi connectivity index (χ2n) is 5.15. The topological polar surface area (TPSA) is 98.3 Å². The van der Waals surface area contributed by atoms with Crippen molar-refractivity contribution in [1.82, 2.24) is 20.4 Å². The van der Waals surface area contributed by atoms with E-state index in [4.69, 9.17) is 5.11 Å².